The number of likely N-dealkylation sites (tertiary alicyclic amines) is 1. The van der Waals surface area contributed by atoms with Crippen LogP contribution in [0.3, 0.4) is 0 Å². The summed E-state index contributed by atoms with van der Waals surface area (Å²) in [4.78, 5) is 13.7. The van der Waals surface area contributed by atoms with Gasteiger partial charge >= 0.3 is 0 Å². The van der Waals surface area contributed by atoms with Crippen molar-refractivity contribution in [2.24, 2.45) is 0 Å². The summed E-state index contributed by atoms with van der Waals surface area (Å²) in [6.07, 6.45) is 3.07. The van der Waals surface area contributed by atoms with Gasteiger partial charge < -0.3 is 15.5 Å². The maximum Gasteiger partial charge on any atom is 0.221 e. The predicted octanol–water partition coefficient (Wildman–Crippen LogP) is 0.585. The minimum atomic E-state index is 0.145. The van der Waals surface area contributed by atoms with Gasteiger partial charge in [0.1, 0.15) is 0 Å². The van der Waals surface area contributed by atoms with E-state index in [0.29, 0.717) is 12.5 Å². The number of hydrogen-bond donors (Lipinski definition) is 2. The van der Waals surface area contributed by atoms with Crippen LogP contribution in [0.4, 0.5) is 0 Å². The Hall–Kier alpha value is -0.610. The third-order valence-corrected chi connectivity index (χ3v) is 2.86. The number of rotatable bonds is 5. The Kier molecular flexibility index (Phi) is 5.77. The second kappa shape index (κ2) is 6.86. The summed E-state index contributed by atoms with van der Waals surface area (Å²) in [5.41, 5.74) is 0. The number of carbonyl (C=O) groups is 1. The normalized spacial score (nSPS) is 22.4. The number of nitrogens with one attached hydrogen (secondary N) is 2. The van der Waals surface area contributed by atoms with Crippen molar-refractivity contribution in [2.75, 3.05) is 26.7 Å². The first-order valence-electron chi connectivity index (χ1n) is 6.29. The molecule has 0 saturated carbocycles. The Labute approximate surface area is 98.8 Å². The van der Waals surface area contributed by atoms with Gasteiger partial charge in [0.15, 0.2) is 0 Å². The lowest BCUT2D eigenvalue weighted by molar-refractivity contribution is -0.121. The topological polar surface area (TPSA) is 44.4 Å². The summed E-state index contributed by atoms with van der Waals surface area (Å²) in [5.74, 6) is 0.145. The molecule has 4 nitrogen and oxygen atoms in total. The van der Waals surface area contributed by atoms with E-state index in [1.165, 1.54) is 19.4 Å². The van der Waals surface area contributed by atoms with E-state index in [-0.39, 0.29) is 11.9 Å². The fourth-order valence-corrected chi connectivity index (χ4v) is 2.12. The van der Waals surface area contributed by atoms with Crippen LogP contribution in [0.25, 0.3) is 0 Å². The van der Waals surface area contributed by atoms with Gasteiger partial charge in [-0.2, -0.15) is 0 Å². The van der Waals surface area contributed by atoms with Gasteiger partial charge in [-0.25, -0.2) is 0 Å². The van der Waals surface area contributed by atoms with Crippen molar-refractivity contribution in [3.8, 4) is 0 Å². The highest BCUT2D eigenvalue weighted by molar-refractivity contribution is 5.76. The van der Waals surface area contributed by atoms with Crippen molar-refractivity contribution in [1.82, 2.24) is 15.5 Å². The van der Waals surface area contributed by atoms with Gasteiger partial charge in [0.25, 0.3) is 0 Å². The fraction of sp³-hybridized carbons (Fsp3) is 0.917. The van der Waals surface area contributed by atoms with Crippen LogP contribution in [-0.4, -0.2) is 49.6 Å². The second-order valence-corrected chi connectivity index (χ2v) is 5.03. The number of piperidine rings is 1. The van der Waals surface area contributed by atoms with Crippen molar-refractivity contribution >= 4 is 5.91 Å². The average molecular weight is 227 g/mol. The molecule has 16 heavy (non-hydrogen) atoms. The highest BCUT2D eigenvalue weighted by atomic mass is 16.1. The number of nitrogens with zero attached hydrogens (tertiary/aromatic N) is 1. The van der Waals surface area contributed by atoms with Crippen LogP contribution < -0.4 is 10.6 Å². The minimum Gasteiger partial charge on any atom is -0.354 e. The molecule has 0 bridgehead atoms. The summed E-state index contributed by atoms with van der Waals surface area (Å²) in [6, 6.07) is 0.805. The molecular formula is C12H25N3O. The summed E-state index contributed by atoms with van der Waals surface area (Å²) in [5, 5.41) is 6.35. The number of amides is 1. The molecule has 4 heteroatoms. The van der Waals surface area contributed by atoms with Crippen LogP contribution in [-0.2, 0) is 4.79 Å². The molecule has 1 saturated heterocycles. The van der Waals surface area contributed by atoms with Crippen LogP contribution in [0.15, 0.2) is 0 Å². The Morgan fingerprint density at radius 1 is 1.50 bits per heavy atom. The smallest absolute Gasteiger partial charge is 0.221 e. The monoisotopic (exact) mass is 227 g/mol. The van der Waals surface area contributed by atoms with Crippen LogP contribution in [0.2, 0.25) is 0 Å². The van der Waals surface area contributed by atoms with Crippen molar-refractivity contribution in [1.29, 1.82) is 0 Å². The molecule has 94 valence electrons. The largest absolute Gasteiger partial charge is 0.354 e. The van der Waals surface area contributed by atoms with Crippen LogP contribution in [0, 0.1) is 0 Å². The maximum absolute atomic E-state index is 11.4. The predicted molar refractivity (Wildman–Crippen MR) is 66.4 cm³/mol. The summed E-state index contributed by atoms with van der Waals surface area (Å²) < 4.78 is 0. The van der Waals surface area contributed by atoms with Crippen LogP contribution in [0.5, 0.6) is 0 Å². The number of likely N-dealkylation sites (N-methyl/N-ethyl adjacent to an activating group) is 1. The molecule has 1 heterocycles. The van der Waals surface area contributed by atoms with E-state index < -0.39 is 0 Å². The molecule has 0 radical (unpaired) electrons. The molecular weight excluding hydrogens is 202 g/mol. The van der Waals surface area contributed by atoms with E-state index in [1.807, 2.05) is 13.8 Å². The molecule has 1 atom stereocenters. The van der Waals surface area contributed by atoms with Crippen LogP contribution >= 0.6 is 0 Å². The lowest BCUT2D eigenvalue weighted by atomic mass is 10.1. The standard InChI is InChI=1S/C12H25N3O/c1-10(2)14-12(16)6-7-13-11-5-4-8-15(3)9-11/h10-11,13H,4-9H2,1-3H3,(H,14,16). The van der Waals surface area contributed by atoms with Crippen molar-refractivity contribution in [3.05, 3.63) is 0 Å². The Balaban J connectivity index is 2.08. The lowest BCUT2D eigenvalue weighted by Gasteiger charge is -2.30. The molecule has 1 aliphatic heterocycles. The van der Waals surface area contributed by atoms with E-state index in [0.717, 1.165) is 13.1 Å². The zero-order valence-electron chi connectivity index (χ0n) is 10.8. The molecule has 1 rings (SSSR count). The molecule has 0 aliphatic carbocycles. The molecule has 1 amide bonds. The molecule has 0 aromatic carbocycles. The molecule has 1 fully saturated rings. The zero-order valence-corrected chi connectivity index (χ0v) is 10.8. The third-order valence-electron chi connectivity index (χ3n) is 2.86. The summed E-state index contributed by atoms with van der Waals surface area (Å²) in [6.45, 7) is 7.07. The van der Waals surface area contributed by atoms with Gasteiger partial charge in [-0.05, 0) is 40.3 Å². The van der Waals surface area contributed by atoms with Gasteiger partial charge in [-0.3, -0.25) is 4.79 Å². The first-order valence-corrected chi connectivity index (χ1v) is 6.29. The molecule has 1 unspecified atom stereocenters. The van der Waals surface area contributed by atoms with Gasteiger partial charge in [-0.1, -0.05) is 0 Å². The SMILES string of the molecule is CC(C)NC(=O)CCNC1CCCN(C)C1. The first kappa shape index (κ1) is 13.5. The fourth-order valence-electron chi connectivity index (χ4n) is 2.12. The van der Waals surface area contributed by atoms with Crippen molar-refractivity contribution in [2.45, 2.75) is 45.2 Å². The van der Waals surface area contributed by atoms with Crippen molar-refractivity contribution in [3.63, 3.8) is 0 Å². The summed E-state index contributed by atoms with van der Waals surface area (Å²) >= 11 is 0. The van der Waals surface area contributed by atoms with E-state index in [2.05, 4.69) is 22.6 Å². The Morgan fingerprint density at radius 3 is 2.88 bits per heavy atom. The second-order valence-electron chi connectivity index (χ2n) is 5.03. The molecule has 0 spiro atoms. The first-order chi connectivity index (χ1) is 7.58. The molecule has 1 aliphatic rings. The minimum absolute atomic E-state index is 0.145. The third kappa shape index (κ3) is 5.47. The highest BCUT2D eigenvalue weighted by Gasteiger charge is 2.16. The Bertz CT molecular complexity index is 218. The molecule has 0 aromatic heterocycles. The molecule has 0 aromatic rings. The highest BCUT2D eigenvalue weighted by Crippen LogP contribution is 2.07. The van der Waals surface area contributed by atoms with Crippen molar-refractivity contribution < 1.29 is 4.79 Å². The van der Waals surface area contributed by atoms with E-state index >= 15 is 0 Å². The van der Waals surface area contributed by atoms with E-state index in [1.54, 1.807) is 0 Å². The number of hydrogen-bond acceptors (Lipinski definition) is 3. The number of carbonyl (C=O) groups excluding carboxylic acids is 1. The molecule has 2 N–H and O–H groups in total. The van der Waals surface area contributed by atoms with Gasteiger partial charge in [0.2, 0.25) is 5.91 Å². The Morgan fingerprint density at radius 2 is 2.25 bits per heavy atom. The van der Waals surface area contributed by atoms with Gasteiger partial charge in [0.05, 0.1) is 0 Å². The van der Waals surface area contributed by atoms with E-state index in [9.17, 15) is 4.79 Å². The zero-order chi connectivity index (χ0) is 12.0. The average Bonchev–Trinajstić information content (AvgIpc) is 2.16. The summed E-state index contributed by atoms with van der Waals surface area (Å²) in [7, 11) is 2.15. The quantitative estimate of drug-likeness (QED) is 0.722. The maximum atomic E-state index is 11.4. The van der Waals surface area contributed by atoms with Crippen LogP contribution in [0.1, 0.15) is 33.1 Å². The van der Waals surface area contributed by atoms with Gasteiger partial charge in [-0.15, -0.1) is 0 Å². The van der Waals surface area contributed by atoms with Gasteiger partial charge in [0, 0.05) is 31.6 Å². The lowest BCUT2D eigenvalue weighted by Crippen LogP contribution is -2.45. The van der Waals surface area contributed by atoms with E-state index in [4.69, 9.17) is 0 Å².